The largest absolute Gasteiger partial charge is 0.326 e. The van der Waals surface area contributed by atoms with Gasteiger partial charge < -0.3 is 5.32 Å². The van der Waals surface area contributed by atoms with Crippen LogP contribution in [-0.4, -0.2) is 42.5 Å². The molecule has 1 aromatic carbocycles. The van der Waals surface area contributed by atoms with E-state index in [1.807, 2.05) is 24.3 Å². The second kappa shape index (κ2) is 8.01. The lowest BCUT2D eigenvalue weighted by molar-refractivity contribution is -0.116. The van der Waals surface area contributed by atoms with E-state index >= 15 is 0 Å². The van der Waals surface area contributed by atoms with Crippen LogP contribution in [0.2, 0.25) is 0 Å². The maximum absolute atomic E-state index is 12.4. The van der Waals surface area contributed by atoms with Gasteiger partial charge in [0.2, 0.25) is 15.9 Å². The molecule has 0 saturated carbocycles. The maximum Gasteiger partial charge on any atom is 0.246 e. The van der Waals surface area contributed by atoms with Gasteiger partial charge in [0.25, 0.3) is 0 Å². The summed E-state index contributed by atoms with van der Waals surface area (Å²) in [7, 11) is -0.584. The summed E-state index contributed by atoms with van der Waals surface area (Å²) >= 11 is 0. The first kappa shape index (κ1) is 20.1. The van der Waals surface area contributed by atoms with Crippen molar-refractivity contribution in [1.29, 1.82) is 0 Å². The van der Waals surface area contributed by atoms with Crippen molar-refractivity contribution in [2.75, 3.05) is 19.4 Å². The summed E-state index contributed by atoms with van der Waals surface area (Å²) in [6.07, 6.45) is 1.11. The molecule has 142 valence electrons. The Kier molecular flexibility index (Phi) is 6.20. The molecule has 0 atom stereocenters. The van der Waals surface area contributed by atoms with Crippen LogP contribution in [0.5, 0.6) is 0 Å². The fourth-order valence-corrected chi connectivity index (χ4v) is 4.01. The highest BCUT2D eigenvalue weighted by Crippen LogP contribution is 2.22. The van der Waals surface area contributed by atoms with Crippen LogP contribution in [0.1, 0.15) is 30.3 Å². The molecule has 26 heavy (non-hydrogen) atoms. The van der Waals surface area contributed by atoms with E-state index in [2.05, 4.69) is 17.3 Å². The number of carbonyl (C=O) groups excluding carboxylic acids is 1. The van der Waals surface area contributed by atoms with Crippen LogP contribution in [0.25, 0.3) is 0 Å². The van der Waals surface area contributed by atoms with E-state index in [4.69, 9.17) is 0 Å². The molecule has 0 aliphatic rings. The molecule has 0 bridgehead atoms. The average Bonchev–Trinajstić information content (AvgIpc) is 2.87. The van der Waals surface area contributed by atoms with Gasteiger partial charge in [-0.05, 0) is 38.0 Å². The van der Waals surface area contributed by atoms with Crippen molar-refractivity contribution in [1.82, 2.24) is 14.1 Å². The Balaban J connectivity index is 2.09. The van der Waals surface area contributed by atoms with E-state index in [9.17, 15) is 13.2 Å². The normalized spacial score (nSPS) is 11.8. The monoisotopic (exact) mass is 378 g/mol. The van der Waals surface area contributed by atoms with Gasteiger partial charge >= 0.3 is 0 Å². The second-order valence-corrected chi connectivity index (χ2v) is 8.45. The van der Waals surface area contributed by atoms with Gasteiger partial charge in [-0.3, -0.25) is 9.48 Å². The molecule has 1 heterocycles. The van der Waals surface area contributed by atoms with Gasteiger partial charge in [0.05, 0.1) is 17.9 Å². The zero-order valence-corrected chi connectivity index (χ0v) is 16.7. The Labute approximate surface area is 155 Å². The van der Waals surface area contributed by atoms with Gasteiger partial charge in [0.15, 0.2) is 0 Å². The van der Waals surface area contributed by atoms with Gasteiger partial charge in [-0.1, -0.05) is 19.1 Å². The van der Waals surface area contributed by atoms with Gasteiger partial charge in [-0.2, -0.15) is 5.10 Å². The number of sulfonamides is 1. The minimum atomic E-state index is -3.56. The molecule has 1 N–H and O–H groups in total. The molecule has 0 aliphatic carbocycles. The Morgan fingerprint density at radius 3 is 2.58 bits per heavy atom. The molecule has 0 saturated heterocycles. The van der Waals surface area contributed by atoms with E-state index < -0.39 is 10.0 Å². The number of anilines is 1. The highest BCUT2D eigenvalue weighted by molar-refractivity contribution is 7.89. The van der Waals surface area contributed by atoms with Gasteiger partial charge in [0.1, 0.15) is 4.90 Å². The molecule has 0 spiro atoms. The lowest BCUT2D eigenvalue weighted by Crippen LogP contribution is -2.23. The molecule has 1 aromatic heterocycles. The number of nitrogens with zero attached hydrogens (tertiary/aromatic N) is 3. The number of aryl methyl sites for hydroxylation is 3. The molecular formula is C18H26N4O3S. The third-order valence-corrected chi connectivity index (χ3v) is 6.29. The van der Waals surface area contributed by atoms with E-state index in [1.165, 1.54) is 18.4 Å². The topological polar surface area (TPSA) is 84.3 Å². The fourth-order valence-electron chi connectivity index (χ4n) is 2.75. The molecule has 0 aliphatic heterocycles. The smallest absolute Gasteiger partial charge is 0.246 e. The Hall–Kier alpha value is -2.19. The van der Waals surface area contributed by atoms with Crippen LogP contribution in [0, 0.1) is 13.8 Å². The van der Waals surface area contributed by atoms with Crippen LogP contribution in [0.4, 0.5) is 5.69 Å². The zero-order chi connectivity index (χ0) is 19.5. The van der Waals surface area contributed by atoms with Crippen LogP contribution < -0.4 is 5.32 Å². The molecule has 0 unspecified atom stereocenters. The number of benzene rings is 1. The summed E-state index contributed by atoms with van der Waals surface area (Å²) in [6, 6.07) is 7.72. The van der Waals surface area contributed by atoms with Crippen LogP contribution in [0.15, 0.2) is 29.2 Å². The van der Waals surface area contributed by atoms with Crippen LogP contribution >= 0.6 is 0 Å². The Bertz CT molecular complexity index is 901. The van der Waals surface area contributed by atoms with E-state index in [0.717, 1.165) is 17.7 Å². The SMILES string of the molecule is CCc1cccc(NC(=O)CCn2nc(C)c(S(=O)(=O)N(C)C)c2C)c1. The van der Waals surface area contributed by atoms with Crippen molar-refractivity contribution >= 4 is 21.6 Å². The third-order valence-electron chi connectivity index (χ3n) is 4.22. The van der Waals surface area contributed by atoms with Crippen LogP contribution in [-0.2, 0) is 27.8 Å². The quantitative estimate of drug-likeness (QED) is 0.801. The first-order valence-electron chi connectivity index (χ1n) is 8.52. The van der Waals surface area contributed by atoms with Crippen molar-refractivity contribution in [3.8, 4) is 0 Å². The van der Waals surface area contributed by atoms with Gasteiger partial charge in [-0.25, -0.2) is 12.7 Å². The third kappa shape index (κ3) is 4.31. The standard InChI is InChI=1S/C18H26N4O3S/c1-6-15-8-7-9-16(12-15)19-17(23)10-11-22-14(3)18(13(2)20-22)26(24,25)21(4)5/h7-9,12H,6,10-11H2,1-5H3,(H,19,23). The first-order chi connectivity index (χ1) is 12.2. The summed E-state index contributed by atoms with van der Waals surface area (Å²) in [5.41, 5.74) is 2.89. The zero-order valence-electron chi connectivity index (χ0n) is 15.9. The average molecular weight is 378 g/mol. The number of carbonyl (C=O) groups is 1. The summed E-state index contributed by atoms with van der Waals surface area (Å²) in [6.45, 7) is 5.74. The molecule has 2 aromatic rings. The van der Waals surface area contributed by atoms with Gasteiger partial charge in [-0.15, -0.1) is 0 Å². The number of hydrogen-bond acceptors (Lipinski definition) is 4. The van der Waals surface area contributed by atoms with Crippen molar-refractivity contribution in [2.24, 2.45) is 0 Å². The predicted molar refractivity (Wildman–Crippen MR) is 102 cm³/mol. The highest BCUT2D eigenvalue weighted by atomic mass is 32.2. The number of nitrogens with one attached hydrogen (secondary N) is 1. The molecular weight excluding hydrogens is 352 g/mol. The maximum atomic E-state index is 12.4. The Morgan fingerprint density at radius 2 is 1.96 bits per heavy atom. The molecule has 0 radical (unpaired) electrons. The molecule has 8 heteroatoms. The second-order valence-electron chi connectivity index (χ2n) is 6.36. The van der Waals surface area contributed by atoms with Crippen molar-refractivity contribution in [3.05, 3.63) is 41.2 Å². The van der Waals surface area contributed by atoms with E-state index in [0.29, 0.717) is 17.9 Å². The van der Waals surface area contributed by atoms with Gasteiger partial charge in [0, 0.05) is 26.2 Å². The number of amides is 1. The lowest BCUT2D eigenvalue weighted by atomic mass is 10.1. The number of aromatic nitrogens is 2. The predicted octanol–water partition coefficient (Wildman–Crippen LogP) is 2.34. The van der Waals surface area contributed by atoms with Crippen molar-refractivity contribution in [3.63, 3.8) is 0 Å². The molecule has 0 fully saturated rings. The minimum absolute atomic E-state index is 0.136. The van der Waals surface area contributed by atoms with Crippen molar-refractivity contribution < 1.29 is 13.2 Å². The fraction of sp³-hybridized carbons (Fsp3) is 0.444. The lowest BCUT2D eigenvalue weighted by Gasteiger charge is -2.12. The summed E-state index contributed by atoms with van der Waals surface area (Å²) < 4.78 is 27.6. The summed E-state index contributed by atoms with van der Waals surface area (Å²) in [5, 5.41) is 7.17. The molecule has 1 amide bonds. The van der Waals surface area contributed by atoms with Crippen LogP contribution in [0.3, 0.4) is 0 Å². The minimum Gasteiger partial charge on any atom is -0.326 e. The van der Waals surface area contributed by atoms with Crippen molar-refractivity contribution in [2.45, 2.75) is 45.1 Å². The van der Waals surface area contributed by atoms with E-state index in [-0.39, 0.29) is 17.2 Å². The highest BCUT2D eigenvalue weighted by Gasteiger charge is 2.26. The first-order valence-corrected chi connectivity index (χ1v) is 9.96. The Morgan fingerprint density at radius 1 is 1.27 bits per heavy atom. The summed E-state index contributed by atoms with van der Waals surface area (Å²) in [5.74, 6) is -0.136. The summed E-state index contributed by atoms with van der Waals surface area (Å²) in [4.78, 5) is 12.4. The van der Waals surface area contributed by atoms with E-state index in [1.54, 1.807) is 18.5 Å². The number of rotatable bonds is 7. The molecule has 2 rings (SSSR count). The number of hydrogen-bond donors (Lipinski definition) is 1. The molecule has 7 nitrogen and oxygen atoms in total.